The number of hydrogen-bond donors (Lipinski definition) is 0. The zero-order valence-electron chi connectivity index (χ0n) is 15.4. The number of aryl methyl sites for hydroxylation is 2. The fraction of sp³-hybridized carbons (Fsp3) is 0.737. The molecule has 6 heteroatoms. The predicted molar refractivity (Wildman–Crippen MR) is 95.3 cm³/mol. The number of imidazole rings is 1. The van der Waals surface area contributed by atoms with Gasteiger partial charge in [-0.05, 0) is 64.8 Å². The second-order valence-electron chi connectivity index (χ2n) is 8.02. The number of nitrogens with zero attached hydrogens (tertiary/aromatic N) is 6. The Labute approximate surface area is 149 Å². The summed E-state index contributed by atoms with van der Waals surface area (Å²) in [5.41, 5.74) is 2.83. The second-order valence-corrected chi connectivity index (χ2v) is 8.02. The molecular formula is C19H28N6. The van der Waals surface area contributed by atoms with Gasteiger partial charge in [0.2, 0.25) is 0 Å². The minimum atomic E-state index is 0.431. The molecular weight excluding hydrogens is 312 g/mol. The second kappa shape index (κ2) is 5.94. The van der Waals surface area contributed by atoms with E-state index in [0.717, 1.165) is 31.2 Å². The maximum atomic E-state index is 5.08. The van der Waals surface area contributed by atoms with Crippen molar-refractivity contribution in [3.8, 4) is 0 Å². The maximum absolute atomic E-state index is 5.08. The Bertz CT molecular complexity index is 784. The van der Waals surface area contributed by atoms with Gasteiger partial charge in [-0.1, -0.05) is 0 Å². The van der Waals surface area contributed by atoms with Crippen LogP contribution in [-0.4, -0.2) is 35.8 Å². The molecule has 0 unspecified atom stereocenters. The molecule has 25 heavy (non-hydrogen) atoms. The Morgan fingerprint density at radius 2 is 1.88 bits per heavy atom. The van der Waals surface area contributed by atoms with Gasteiger partial charge >= 0.3 is 0 Å². The van der Waals surface area contributed by atoms with Crippen molar-refractivity contribution in [2.75, 3.05) is 6.54 Å². The monoisotopic (exact) mass is 340 g/mol. The molecule has 1 saturated carbocycles. The Kier molecular flexibility index (Phi) is 3.69. The molecule has 0 bridgehead atoms. The number of hydrogen-bond acceptors (Lipinski definition) is 4. The Morgan fingerprint density at radius 3 is 2.68 bits per heavy atom. The highest BCUT2D eigenvalue weighted by molar-refractivity contribution is 5.22. The van der Waals surface area contributed by atoms with Crippen molar-refractivity contribution in [1.29, 1.82) is 0 Å². The van der Waals surface area contributed by atoms with Crippen molar-refractivity contribution in [3.05, 3.63) is 28.9 Å². The lowest BCUT2D eigenvalue weighted by Gasteiger charge is -2.24. The van der Waals surface area contributed by atoms with Gasteiger partial charge in [-0.3, -0.25) is 4.90 Å². The van der Waals surface area contributed by atoms with Crippen LogP contribution in [0, 0.1) is 6.92 Å². The largest absolute Gasteiger partial charge is 0.334 e. The number of aromatic nitrogens is 5. The van der Waals surface area contributed by atoms with E-state index in [1.54, 1.807) is 0 Å². The van der Waals surface area contributed by atoms with Crippen molar-refractivity contribution < 1.29 is 0 Å². The first kappa shape index (κ1) is 15.6. The molecule has 0 spiro atoms. The molecule has 1 saturated heterocycles. The van der Waals surface area contributed by atoms with E-state index >= 15 is 0 Å². The quantitative estimate of drug-likeness (QED) is 0.859. The van der Waals surface area contributed by atoms with Crippen LogP contribution in [0.3, 0.4) is 0 Å². The van der Waals surface area contributed by atoms with E-state index in [9.17, 15) is 0 Å². The van der Waals surface area contributed by atoms with Gasteiger partial charge in [0.25, 0.3) is 0 Å². The zero-order valence-corrected chi connectivity index (χ0v) is 15.4. The summed E-state index contributed by atoms with van der Waals surface area (Å²) in [5.74, 6) is 3.49. The highest BCUT2D eigenvalue weighted by atomic mass is 15.3. The maximum Gasteiger partial charge on any atom is 0.147 e. The van der Waals surface area contributed by atoms with Gasteiger partial charge < -0.3 is 9.13 Å². The van der Waals surface area contributed by atoms with Gasteiger partial charge in [0, 0.05) is 18.8 Å². The topological polar surface area (TPSA) is 51.8 Å². The minimum absolute atomic E-state index is 0.431. The molecule has 2 aliphatic carbocycles. The molecule has 0 amide bonds. The average molecular weight is 340 g/mol. The number of rotatable bonds is 4. The summed E-state index contributed by atoms with van der Waals surface area (Å²) >= 11 is 0. The van der Waals surface area contributed by atoms with E-state index in [0.29, 0.717) is 12.1 Å². The highest BCUT2D eigenvalue weighted by Gasteiger charge is 2.34. The van der Waals surface area contributed by atoms with E-state index < -0.39 is 0 Å². The molecule has 2 aromatic heterocycles. The summed E-state index contributed by atoms with van der Waals surface area (Å²) < 4.78 is 4.77. The lowest BCUT2D eigenvalue weighted by Crippen LogP contribution is -2.26. The molecule has 1 aliphatic heterocycles. The third kappa shape index (κ3) is 2.62. The molecule has 6 nitrogen and oxygen atoms in total. The third-order valence-corrected chi connectivity index (χ3v) is 6.26. The normalized spacial score (nSPS) is 24.0. The van der Waals surface area contributed by atoms with Gasteiger partial charge in [0.05, 0.1) is 18.3 Å². The first-order valence-electron chi connectivity index (χ1n) is 9.91. The van der Waals surface area contributed by atoms with Crippen molar-refractivity contribution in [2.45, 2.75) is 76.9 Å². The lowest BCUT2D eigenvalue weighted by atomic mass is 10.0. The van der Waals surface area contributed by atoms with Crippen LogP contribution in [0.4, 0.5) is 0 Å². The van der Waals surface area contributed by atoms with Crippen molar-refractivity contribution in [3.63, 3.8) is 0 Å². The Morgan fingerprint density at radius 1 is 1.04 bits per heavy atom. The van der Waals surface area contributed by atoms with E-state index in [-0.39, 0.29) is 0 Å². The molecule has 1 atom stereocenters. The van der Waals surface area contributed by atoms with Crippen LogP contribution in [0.15, 0.2) is 0 Å². The Hall–Kier alpha value is -1.69. The molecule has 0 aromatic carbocycles. The zero-order chi connectivity index (χ0) is 17.0. The summed E-state index contributed by atoms with van der Waals surface area (Å²) in [6.45, 7) is 4.13. The summed E-state index contributed by atoms with van der Waals surface area (Å²) in [5, 5.41) is 8.85. The van der Waals surface area contributed by atoms with Crippen LogP contribution in [0.25, 0.3) is 0 Å². The fourth-order valence-corrected chi connectivity index (χ4v) is 4.82. The molecule has 0 radical (unpaired) electrons. The Balaban J connectivity index is 1.42. The van der Waals surface area contributed by atoms with Gasteiger partial charge in [-0.2, -0.15) is 0 Å². The van der Waals surface area contributed by atoms with Crippen LogP contribution >= 0.6 is 0 Å². The van der Waals surface area contributed by atoms with E-state index in [1.165, 1.54) is 62.2 Å². The summed E-state index contributed by atoms with van der Waals surface area (Å²) in [4.78, 5) is 7.66. The predicted octanol–water partition coefficient (Wildman–Crippen LogP) is 2.87. The molecule has 0 N–H and O–H groups in total. The molecule has 3 heterocycles. The van der Waals surface area contributed by atoms with E-state index in [4.69, 9.17) is 4.98 Å². The molecule has 2 aromatic rings. The number of likely N-dealkylation sites (tertiary alicyclic amines) is 1. The van der Waals surface area contributed by atoms with Gasteiger partial charge in [-0.25, -0.2) is 4.98 Å². The first-order valence-corrected chi connectivity index (χ1v) is 9.91. The highest BCUT2D eigenvalue weighted by Crippen LogP contribution is 2.38. The molecule has 5 rings (SSSR count). The molecule has 3 aliphatic rings. The van der Waals surface area contributed by atoms with Crippen LogP contribution in [0.1, 0.15) is 79.5 Å². The van der Waals surface area contributed by atoms with Crippen molar-refractivity contribution in [1.82, 2.24) is 29.2 Å². The summed E-state index contributed by atoms with van der Waals surface area (Å²) in [6, 6.07) is 1.08. The molecule has 2 fully saturated rings. The minimum Gasteiger partial charge on any atom is -0.334 e. The third-order valence-electron chi connectivity index (χ3n) is 6.26. The van der Waals surface area contributed by atoms with Gasteiger partial charge in [0.15, 0.2) is 0 Å². The van der Waals surface area contributed by atoms with Crippen LogP contribution < -0.4 is 0 Å². The van der Waals surface area contributed by atoms with Gasteiger partial charge in [-0.15, -0.1) is 10.2 Å². The SMILES string of the molecule is Cc1nnc(CN2CCC[C@@H]2c2nc3c(n2C)CCCC3)n1C1CC1. The molecule has 134 valence electrons. The first-order chi connectivity index (χ1) is 12.2. The standard InChI is InChI=1S/C19H28N6/c1-13-21-22-18(25(13)14-9-10-14)12-24-11-5-8-17(24)19-20-15-6-3-4-7-16(15)23(19)2/h14,17H,3-12H2,1-2H3/t17-/m1/s1. The van der Waals surface area contributed by atoms with E-state index in [1.807, 2.05) is 0 Å². The summed E-state index contributed by atoms with van der Waals surface area (Å²) in [7, 11) is 2.22. The van der Waals surface area contributed by atoms with Crippen LogP contribution in [0.2, 0.25) is 0 Å². The average Bonchev–Trinajstić information content (AvgIpc) is 3.09. The summed E-state index contributed by atoms with van der Waals surface area (Å²) in [6.07, 6.45) is 9.97. The number of fused-ring (bicyclic) bond motifs is 1. The fourth-order valence-electron chi connectivity index (χ4n) is 4.82. The van der Waals surface area contributed by atoms with Crippen LogP contribution in [-0.2, 0) is 26.4 Å². The van der Waals surface area contributed by atoms with Gasteiger partial charge in [0.1, 0.15) is 17.5 Å². The van der Waals surface area contributed by atoms with Crippen molar-refractivity contribution >= 4 is 0 Å². The lowest BCUT2D eigenvalue weighted by molar-refractivity contribution is 0.227. The van der Waals surface area contributed by atoms with E-state index in [2.05, 4.69) is 38.2 Å². The smallest absolute Gasteiger partial charge is 0.147 e. The van der Waals surface area contributed by atoms with Crippen molar-refractivity contribution in [2.24, 2.45) is 7.05 Å². The van der Waals surface area contributed by atoms with Crippen LogP contribution in [0.5, 0.6) is 0 Å².